The Morgan fingerprint density at radius 1 is 1.36 bits per heavy atom. The van der Waals surface area contributed by atoms with E-state index in [1.54, 1.807) is 0 Å². The fraction of sp³-hybridized carbons (Fsp3) is 0.125. The topological polar surface area (TPSA) is 89.3 Å². The van der Waals surface area contributed by atoms with Gasteiger partial charge in [0.05, 0.1) is 5.69 Å². The van der Waals surface area contributed by atoms with Crippen LogP contribution in [0.15, 0.2) is 12.1 Å². The number of carbonyl (C=O) groups is 1. The molecular weight excluding hydrogens is 194 g/mol. The summed E-state index contributed by atoms with van der Waals surface area (Å²) in [4.78, 5) is 10.4. The second-order valence-corrected chi connectivity index (χ2v) is 2.71. The molecule has 0 aliphatic carbocycles. The first-order valence-electron chi connectivity index (χ1n) is 3.66. The zero-order chi connectivity index (χ0) is 10.9. The molecule has 0 aliphatic rings. The van der Waals surface area contributed by atoms with Gasteiger partial charge < -0.3 is 16.6 Å². The lowest BCUT2D eigenvalue weighted by atomic mass is 10.1. The van der Waals surface area contributed by atoms with Crippen molar-refractivity contribution in [2.24, 2.45) is 5.73 Å². The van der Waals surface area contributed by atoms with Crippen molar-refractivity contribution >= 4 is 11.7 Å². The molecule has 6 heteroatoms. The zero-order valence-electron chi connectivity index (χ0n) is 7.00. The van der Waals surface area contributed by atoms with E-state index in [0.29, 0.717) is 12.1 Å². The number of aliphatic carboxylic acids is 1. The van der Waals surface area contributed by atoms with E-state index < -0.39 is 29.2 Å². The van der Waals surface area contributed by atoms with E-state index in [-0.39, 0.29) is 5.69 Å². The second-order valence-electron chi connectivity index (χ2n) is 2.71. The first kappa shape index (κ1) is 10.4. The van der Waals surface area contributed by atoms with Crippen LogP contribution in [0.5, 0.6) is 0 Å². The number of carboxylic acid groups (broad SMARTS) is 1. The lowest BCUT2D eigenvalue weighted by molar-refractivity contribution is -0.138. The number of hydrogen-bond donors (Lipinski definition) is 3. The summed E-state index contributed by atoms with van der Waals surface area (Å²) < 4.78 is 25.9. The smallest absolute Gasteiger partial charge is 0.325 e. The molecule has 0 spiro atoms. The van der Waals surface area contributed by atoms with Gasteiger partial charge >= 0.3 is 5.97 Å². The van der Waals surface area contributed by atoms with Gasteiger partial charge in [0, 0.05) is 11.6 Å². The third kappa shape index (κ3) is 1.80. The van der Waals surface area contributed by atoms with Crippen LogP contribution in [0.25, 0.3) is 0 Å². The maximum Gasteiger partial charge on any atom is 0.325 e. The van der Waals surface area contributed by atoms with Gasteiger partial charge in [0.15, 0.2) is 0 Å². The summed E-state index contributed by atoms with van der Waals surface area (Å²) in [6.45, 7) is 0. The van der Waals surface area contributed by atoms with Crippen molar-refractivity contribution in [1.82, 2.24) is 0 Å². The molecule has 1 aromatic rings. The van der Waals surface area contributed by atoms with Crippen LogP contribution in [-0.2, 0) is 4.79 Å². The Labute approximate surface area is 78.1 Å². The summed E-state index contributed by atoms with van der Waals surface area (Å²) in [6.07, 6.45) is 0. The largest absolute Gasteiger partial charge is 0.480 e. The molecule has 5 N–H and O–H groups in total. The SMILES string of the molecule is Nc1cc(F)c(C(N)C(=O)O)cc1F. The maximum atomic E-state index is 13.1. The third-order valence-electron chi connectivity index (χ3n) is 1.72. The number of nitrogens with two attached hydrogens (primary N) is 2. The molecule has 76 valence electrons. The molecule has 0 amide bonds. The van der Waals surface area contributed by atoms with Crippen molar-refractivity contribution in [3.05, 3.63) is 29.3 Å². The lowest BCUT2D eigenvalue weighted by Crippen LogP contribution is -2.22. The summed E-state index contributed by atoms with van der Waals surface area (Å²) in [6, 6.07) is -0.207. The third-order valence-corrected chi connectivity index (χ3v) is 1.72. The van der Waals surface area contributed by atoms with Gasteiger partial charge in [-0.15, -0.1) is 0 Å². The van der Waals surface area contributed by atoms with Crippen LogP contribution in [0.2, 0.25) is 0 Å². The molecule has 4 nitrogen and oxygen atoms in total. The number of hydrogen-bond acceptors (Lipinski definition) is 3. The minimum Gasteiger partial charge on any atom is -0.480 e. The van der Waals surface area contributed by atoms with Crippen LogP contribution in [0.1, 0.15) is 11.6 Å². The highest BCUT2D eigenvalue weighted by molar-refractivity contribution is 5.75. The number of rotatable bonds is 2. The van der Waals surface area contributed by atoms with E-state index in [0.717, 1.165) is 0 Å². The molecule has 1 aromatic carbocycles. The summed E-state index contributed by atoms with van der Waals surface area (Å²) in [7, 11) is 0. The average Bonchev–Trinajstić information content (AvgIpc) is 2.10. The predicted molar refractivity (Wildman–Crippen MR) is 45.3 cm³/mol. The van der Waals surface area contributed by atoms with Crippen molar-refractivity contribution in [2.45, 2.75) is 6.04 Å². The number of nitrogen functional groups attached to an aromatic ring is 1. The highest BCUT2D eigenvalue weighted by Crippen LogP contribution is 2.21. The standard InChI is InChI=1S/C8H8F2N2O2/c9-4-2-6(11)5(10)1-3(4)7(12)8(13)14/h1-2,7H,11-12H2,(H,13,14). The molecule has 0 aromatic heterocycles. The fourth-order valence-electron chi connectivity index (χ4n) is 0.949. The van der Waals surface area contributed by atoms with E-state index in [1.165, 1.54) is 0 Å². The van der Waals surface area contributed by atoms with Crippen LogP contribution in [0.4, 0.5) is 14.5 Å². The lowest BCUT2D eigenvalue weighted by Gasteiger charge is -2.08. The molecule has 0 heterocycles. The van der Waals surface area contributed by atoms with Crippen molar-refractivity contribution in [3.63, 3.8) is 0 Å². The Morgan fingerprint density at radius 2 is 1.93 bits per heavy atom. The van der Waals surface area contributed by atoms with E-state index >= 15 is 0 Å². The van der Waals surface area contributed by atoms with Gasteiger partial charge in [-0.05, 0) is 6.07 Å². The minimum atomic E-state index is -1.59. The maximum absolute atomic E-state index is 13.1. The molecule has 0 saturated heterocycles. The van der Waals surface area contributed by atoms with Crippen LogP contribution >= 0.6 is 0 Å². The van der Waals surface area contributed by atoms with E-state index in [9.17, 15) is 13.6 Å². The molecule has 0 bridgehead atoms. The summed E-state index contributed by atoms with van der Waals surface area (Å²) in [5.41, 5.74) is 9.36. The summed E-state index contributed by atoms with van der Waals surface area (Å²) in [5.74, 6) is -3.26. The quantitative estimate of drug-likeness (QED) is 0.613. The molecule has 1 atom stereocenters. The monoisotopic (exact) mass is 202 g/mol. The van der Waals surface area contributed by atoms with Crippen LogP contribution < -0.4 is 11.5 Å². The summed E-state index contributed by atoms with van der Waals surface area (Å²) in [5, 5.41) is 8.47. The Bertz CT molecular complexity index is 382. The predicted octanol–water partition coefficient (Wildman–Crippen LogP) is 0.631. The van der Waals surface area contributed by atoms with E-state index in [4.69, 9.17) is 16.6 Å². The number of carboxylic acids is 1. The van der Waals surface area contributed by atoms with Crippen LogP contribution in [0, 0.1) is 11.6 Å². The highest BCUT2D eigenvalue weighted by Gasteiger charge is 2.20. The van der Waals surface area contributed by atoms with Gasteiger partial charge in [-0.1, -0.05) is 0 Å². The summed E-state index contributed by atoms with van der Waals surface area (Å²) >= 11 is 0. The Hall–Kier alpha value is -1.69. The average molecular weight is 202 g/mol. The molecule has 1 rings (SSSR count). The van der Waals surface area contributed by atoms with Gasteiger partial charge in [0.1, 0.15) is 17.7 Å². The highest BCUT2D eigenvalue weighted by atomic mass is 19.1. The molecule has 0 saturated carbocycles. The second kappa shape index (κ2) is 3.59. The van der Waals surface area contributed by atoms with Crippen molar-refractivity contribution < 1.29 is 18.7 Å². The van der Waals surface area contributed by atoms with Gasteiger partial charge in [0.25, 0.3) is 0 Å². The Morgan fingerprint density at radius 3 is 2.43 bits per heavy atom. The van der Waals surface area contributed by atoms with E-state index in [1.807, 2.05) is 0 Å². The molecule has 0 aliphatic heterocycles. The Balaban J connectivity index is 3.22. The van der Waals surface area contributed by atoms with Crippen molar-refractivity contribution in [3.8, 4) is 0 Å². The van der Waals surface area contributed by atoms with E-state index in [2.05, 4.69) is 0 Å². The first-order chi connectivity index (χ1) is 6.43. The molecule has 0 radical (unpaired) electrons. The van der Waals surface area contributed by atoms with Gasteiger partial charge in [-0.3, -0.25) is 4.79 Å². The minimum absolute atomic E-state index is 0.385. The van der Waals surface area contributed by atoms with Crippen LogP contribution in [-0.4, -0.2) is 11.1 Å². The normalized spacial score (nSPS) is 12.5. The molecule has 0 fully saturated rings. The number of halogens is 2. The van der Waals surface area contributed by atoms with Gasteiger partial charge in [-0.2, -0.15) is 0 Å². The van der Waals surface area contributed by atoms with Crippen molar-refractivity contribution in [1.29, 1.82) is 0 Å². The van der Waals surface area contributed by atoms with Gasteiger partial charge in [0.2, 0.25) is 0 Å². The number of anilines is 1. The molecular formula is C8H8F2N2O2. The molecule has 14 heavy (non-hydrogen) atoms. The first-order valence-corrected chi connectivity index (χ1v) is 3.66. The van der Waals surface area contributed by atoms with Crippen LogP contribution in [0.3, 0.4) is 0 Å². The molecule has 1 unspecified atom stereocenters. The zero-order valence-corrected chi connectivity index (χ0v) is 7.00. The van der Waals surface area contributed by atoms with Gasteiger partial charge in [-0.25, -0.2) is 8.78 Å². The Kier molecular flexibility index (Phi) is 2.66. The number of benzene rings is 1. The fourth-order valence-corrected chi connectivity index (χ4v) is 0.949. The van der Waals surface area contributed by atoms with Crippen molar-refractivity contribution in [2.75, 3.05) is 5.73 Å².